The molecule has 0 atom stereocenters. The Balaban J connectivity index is 1.97. The zero-order chi connectivity index (χ0) is 13.9. The van der Waals surface area contributed by atoms with E-state index in [9.17, 15) is 4.79 Å². The molecule has 0 fully saturated rings. The Morgan fingerprint density at radius 1 is 1.35 bits per heavy atom. The van der Waals surface area contributed by atoms with Crippen LogP contribution in [0.5, 0.6) is 5.75 Å². The molecule has 0 saturated carbocycles. The number of hydrogen-bond acceptors (Lipinski definition) is 5. The zero-order valence-electron chi connectivity index (χ0n) is 10.7. The summed E-state index contributed by atoms with van der Waals surface area (Å²) < 4.78 is 7.16. The van der Waals surface area contributed by atoms with E-state index in [1.54, 1.807) is 13.2 Å². The first-order chi connectivity index (χ1) is 9.79. The maximum atomic E-state index is 11.9. The van der Waals surface area contributed by atoms with E-state index >= 15 is 0 Å². The van der Waals surface area contributed by atoms with Crippen LogP contribution in [0, 0.1) is 0 Å². The molecule has 20 heavy (non-hydrogen) atoms. The molecule has 0 aliphatic rings. The van der Waals surface area contributed by atoms with E-state index in [1.807, 2.05) is 36.4 Å². The molecule has 0 bridgehead atoms. The Kier molecular flexibility index (Phi) is 3.30. The van der Waals surface area contributed by atoms with Crippen LogP contribution < -0.4 is 14.8 Å². The molecule has 2 aromatic heterocycles. The largest absolute Gasteiger partial charge is 0.496 e. The van der Waals surface area contributed by atoms with Gasteiger partial charge in [-0.2, -0.15) is 9.61 Å². The van der Waals surface area contributed by atoms with Crippen molar-refractivity contribution in [3.05, 3.63) is 57.1 Å². The van der Waals surface area contributed by atoms with Crippen molar-refractivity contribution in [1.29, 1.82) is 0 Å². The lowest BCUT2D eigenvalue weighted by Crippen LogP contribution is -2.23. The molecule has 0 radical (unpaired) electrons. The van der Waals surface area contributed by atoms with E-state index in [4.69, 9.17) is 4.74 Å². The SMILES string of the molecule is COc1ccccc1/C=C/C=c1/sc2ncnn2c1=O. The number of methoxy groups -OCH3 is 1. The summed E-state index contributed by atoms with van der Waals surface area (Å²) in [4.78, 5) is 16.5. The minimum atomic E-state index is -0.146. The highest BCUT2D eigenvalue weighted by Gasteiger charge is 2.03. The van der Waals surface area contributed by atoms with E-state index in [0.29, 0.717) is 9.49 Å². The third-order valence-electron chi connectivity index (χ3n) is 2.78. The molecule has 100 valence electrons. The van der Waals surface area contributed by atoms with Crippen molar-refractivity contribution in [2.75, 3.05) is 7.11 Å². The lowest BCUT2D eigenvalue weighted by Gasteiger charge is -2.02. The van der Waals surface area contributed by atoms with Gasteiger partial charge in [0.25, 0.3) is 5.56 Å². The van der Waals surface area contributed by atoms with Crippen LogP contribution in [0.15, 0.2) is 41.5 Å². The normalized spacial score (nSPS) is 12.6. The number of fused-ring (bicyclic) bond motifs is 1. The van der Waals surface area contributed by atoms with Gasteiger partial charge in [0.2, 0.25) is 4.96 Å². The molecule has 0 saturated heterocycles. The monoisotopic (exact) mass is 285 g/mol. The number of nitrogens with zero attached hydrogens (tertiary/aromatic N) is 3. The van der Waals surface area contributed by atoms with Crippen LogP contribution in [0.1, 0.15) is 5.56 Å². The maximum absolute atomic E-state index is 11.9. The number of rotatable bonds is 3. The molecule has 0 aliphatic carbocycles. The van der Waals surface area contributed by atoms with Crippen LogP contribution in [0.2, 0.25) is 0 Å². The first-order valence-electron chi connectivity index (χ1n) is 5.93. The lowest BCUT2D eigenvalue weighted by molar-refractivity contribution is 0.414. The molecule has 5 nitrogen and oxygen atoms in total. The fraction of sp³-hybridized carbons (Fsp3) is 0.0714. The van der Waals surface area contributed by atoms with Gasteiger partial charge in [-0.3, -0.25) is 4.79 Å². The highest BCUT2D eigenvalue weighted by Crippen LogP contribution is 2.18. The number of thiazole rings is 1. The second kappa shape index (κ2) is 5.26. The van der Waals surface area contributed by atoms with Crippen molar-refractivity contribution in [1.82, 2.24) is 14.6 Å². The van der Waals surface area contributed by atoms with Crippen molar-refractivity contribution in [3.63, 3.8) is 0 Å². The van der Waals surface area contributed by atoms with Gasteiger partial charge >= 0.3 is 0 Å². The number of hydrogen-bond donors (Lipinski definition) is 0. The lowest BCUT2D eigenvalue weighted by atomic mass is 10.2. The van der Waals surface area contributed by atoms with E-state index in [-0.39, 0.29) is 5.56 Å². The number of aromatic nitrogens is 3. The van der Waals surface area contributed by atoms with E-state index in [1.165, 1.54) is 22.2 Å². The quantitative estimate of drug-likeness (QED) is 0.729. The Morgan fingerprint density at radius 2 is 2.20 bits per heavy atom. The second-order valence-electron chi connectivity index (χ2n) is 3.99. The molecule has 0 spiro atoms. The summed E-state index contributed by atoms with van der Waals surface area (Å²) in [6.45, 7) is 0. The van der Waals surface area contributed by atoms with Gasteiger partial charge in [-0.15, -0.1) is 0 Å². The molecular weight excluding hydrogens is 274 g/mol. The molecule has 1 aromatic carbocycles. The molecule has 6 heteroatoms. The smallest absolute Gasteiger partial charge is 0.291 e. The average Bonchev–Trinajstić information content (AvgIpc) is 3.04. The Bertz CT molecular complexity index is 879. The first-order valence-corrected chi connectivity index (χ1v) is 6.75. The number of benzene rings is 1. The Morgan fingerprint density at radius 3 is 3.00 bits per heavy atom. The van der Waals surface area contributed by atoms with Gasteiger partial charge in [-0.25, -0.2) is 4.98 Å². The molecule has 0 N–H and O–H groups in total. The van der Waals surface area contributed by atoms with Crippen molar-refractivity contribution < 1.29 is 4.74 Å². The predicted octanol–water partition coefficient (Wildman–Crippen LogP) is 1.37. The van der Waals surface area contributed by atoms with Crippen LogP contribution in [0.3, 0.4) is 0 Å². The first kappa shape index (κ1) is 12.6. The van der Waals surface area contributed by atoms with Crippen molar-refractivity contribution in [3.8, 4) is 5.75 Å². The third kappa shape index (κ3) is 2.21. The fourth-order valence-electron chi connectivity index (χ4n) is 1.83. The highest BCUT2D eigenvalue weighted by molar-refractivity contribution is 7.15. The van der Waals surface area contributed by atoms with E-state index in [0.717, 1.165) is 11.3 Å². The van der Waals surface area contributed by atoms with Crippen molar-refractivity contribution in [2.45, 2.75) is 0 Å². The fourth-order valence-corrected chi connectivity index (χ4v) is 2.67. The highest BCUT2D eigenvalue weighted by atomic mass is 32.1. The summed E-state index contributed by atoms with van der Waals surface area (Å²) in [6.07, 6.45) is 6.86. The summed E-state index contributed by atoms with van der Waals surface area (Å²) >= 11 is 1.31. The topological polar surface area (TPSA) is 56.5 Å². The summed E-state index contributed by atoms with van der Waals surface area (Å²) in [5.74, 6) is 0.794. The van der Waals surface area contributed by atoms with Crippen LogP contribution in [-0.4, -0.2) is 21.7 Å². The van der Waals surface area contributed by atoms with Crippen LogP contribution in [-0.2, 0) is 0 Å². The molecular formula is C14H11N3O2S. The third-order valence-corrected chi connectivity index (χ3v) is 3.77. The van der Waals surface area contributed by atoms with Gasteiger partial charge in [-0.1, -0.05) is 41.7 Å². The predicted molar refractivity (Wildman–Crippen MR) is 78.8 cm³/mol. The van der Waals surface area contributed by atoms with Crippen molar-refractivity contribution >= 4 is 28.4 Å². The number of para-hydroxylation sites is 1. The van der Waals surface area contributed by atoms with Crippen LogP contribution in [0.25, 0.3) is 17.1 Å². The summed E-state index contributed by atoms with van der Waals surface area (Å²) in [6, 6.07) is 7.69. The molecule has 2 heterocycles. The zero-order valence-corrected chi connectivity index (χ0v) is 11.5. The van der Waals surface area contributed by atoms with Gasteiger partial charge in [0.15, 0.2) is 0 Å². The van der Waals surface area contributed by atoms with Gasteiger partial charge in [-0.05, 0) is 12.1 Å². The van der Waals surface area contributed by atoms with E-state index < -0.39 is 0 Å². The molecule has 0 amide bonds. The second-order valence-corrected chi connectivity index (χ2v) is 5.00. The van der Waals surface area contributed by atoms with E-state index in [2.05, 4.69) is 10.1 Å². The van der Waals surface area contributed by atoms with Crippen molar-refractivity contribution in [2.24, 2.45) is 0 Å². The van der Waals surface area contributed by atoms with Crippen LogP contribution in [0.4, 0.5) is 0 Å². The Hall–Kier alpha value is -2.47. The van der Waals surface area contributed by atoms with Gasteiger partial charge in [0, 0.05) is 5.56 Å². The molecule has 0 unspecified atom stereocenters. The molecule has 0 aliphatic heterocycles. The molecule has 3 rings (SSSR count). The number of ether oxygens (including phenoxy) is 1. The molecule has 3 aromatic rings. The number of allylic oxidation sites excluding steroid dienone is 1. The minimum absolute atomic E-state index is 0.146. The van der Waals surface area contributed by atoms with Gasteiger partial charge in [0.05, 0.1) is 11.6 Å². The standard InChI is InChI=1S/C14H11N3O2S/c1-19-11-7-3-2-5-10(11)6-4-8-12-13(18)17-14(20-12)15-9-16-17/h2-9H,1H3/b6-4+,12-8+. The van der Waals surface area contributed by atoms with Gasteiger partial charge in [0.1, 0.15) is 12.1 Å². The Labute approximate surface area is 118 Å². The summed E-state index contributed by atoms with van der Waals surface area (Å²) in [5, 5.41) is 3.87. The maximum Gasteiger partial charge on any atom is 0.291 e. The average molecular weight is 285 g/mol. The summed E-state index contributed by atoms with van der Waals surface area (Å²) in [7, 11) is 1.63. The summed E-state index contributed by atoms with van der Waals surface area (Å²) in [5.41, 5.74) is 0.810. The minimum Gasteiger partial charge on any atom is -0.496 e. The van der Waals surface area contributed by atoms with Crippen LogP contribution >= 0.6 is 11.3 Å². The van der Waals surface area contributed by atoms with Gasteiger partial charge < -0.3 is 4.74 Å².